The summed E-state index contributed by atoms with van der Waals surface area (Å²) in [5.74, 6) is 1.02. The molecular formula is C30H37MoN3. The molecule has 0 unspecified atom stereocenters. The summed E-state index contributed by atoms with van der Waals surface area (Å²) in [4.78, 5) is 7.44. The molecule has 0 N–H and O–H groups in total. The Hall–Kier alpha value is -2.64. The second kappa shape index (κ2) is 14.6. The van der Waals surface area contributed by atoms with Gasteiger partial charge in [-0.3, -0.25) is 0 Å². The molecule has 0 aliphatic carbocycles. The summed E-state index contributed by atoms with van der Waals surface area (Å²) in [6.45, 7) is 13.6. The summed E-state index contributed by atoms with van der Waals surface area (Å²) in [6.07, 6.45) is 7.00. The van der Waals surface area contributed by atoms with Crippen LogP contribution in [0.2, 0.25) is 0 Å². The molecule has 2 heterocycles. The maximum absolute atomic E-state index is 5.13. The molecule has 0 atom stereocenters. The van der Waals surface area contributed by atoms with Crippen LogP contribution >= 0.6 is 0 Å². The summed E-state index contributed by atoms with van der Waals surface area (Å²) in [5, 5.41) is 0. The van der Waals surface area contributed by atoms with Crippen molar-refractivity contribution < 1.29 is 17.9 Å². The number of rotatable bonds is 5. The minimum absolute atomic E-state index is 0.0811. The third-order valence-corrected chi connectivity index (χ3v) is 7.68. The first-order chi connectivity index (χ1) is 16.3. The molecule has 34 heavy (non-hydrogen) atoms. The Bertz CT molecular complexity index is 1020. The van der Waals surface area contributed by atoms with Crippen molar-refractivity contribution in [2.24, 2.45) is 3.50 Å². The Morgan fingerprint density at radius 1 is 0.676 bits per heavy atom. The minimum Gasteiger partial charge on any atom is -0.670 e. The zero-order valence-corrected chi connectivity index (χ0v) is 23.2. The molecule has 0 aliphatic rings. The van der Waals surface area contributed by atoms with Crippen LogP contribution in [0.4, 0.5) is 5.69 Å². The van der Waals surface area contributed by atoms with Crippen LogP contribution in [0, 0.1) is 0 Å². The molecule has 0 saturated heterocycles. The standard InChI is InChI=1S/C12H17N.C10H12.2C4H4N.Mo/c1-8(2)10-6-5-7-11(9(3)4)12(10)13;1-10(2,3)9-7-5-4-6-8-9;2*1-2-4-5-3-1;/h5-9H,1-4H3;1,4-8H,2-3H3;2*1-4H;/q;;2*-1;+2. The van der Waals surface area contributed by atoms with Gasteiger partial charge in [0.05, 0.1) is 0 Å². The van der Waals surface area contributed by atoms with Gasteiger partial charge in [0.15, 0.2) is 0 Å². The van der Waals surface area contributed by atoms with Crippen molar-refractivity contribution in [1.82, 2.24) is 9.97 Å². The maximum Gasteiger partial charge on any atom is -0.0860 e. The first kappa shape index (κ1) is 27.6. The van der Waals surface area contributed by atoms with Crippen LogP contribution in [0.3, 0.4) is 0 Å². The molecular weight excluding hydrogens is 498 g/mol. The van der Waals surface area contributed by atoms with Crippen LogP contribution in [0.25, 0.3) is 0 Å². The smallest absolute Gasteiger partial charge is 0.0860 e. The van der Waals surface area contributed by atoms with Crippen molar-refractivity contribution in [3.63, 3.8) is 0 Å². The molecule has 0 bridgehead atoms. The van der Waals surface area contributed by atoms with Gasteiger partial charge in [-0.05, 0) is 0 Å². The molecule has 0 radical (unpaired) electrons. The van der Waals surface area contributed by atoms with E-state index in [1.807, 2.05) is 24.3 Å². The molecule has 0 aliphatic heterocycles. The van der Waals surface area contributed by atoms with Crippen molar-refractivity contribution >= 4 is 10.1 Å². The first-order valence-electron chi connectivity index (χ1n) is 11.8. The number of nitrogens with zero attached hydrogens (tertiary/aromatic N) is 3. The molecule has 2 aromatic heterocycles. The summed E-state index contributed by atoms with van der Waals surface area (Å²) in [7, 11) is 0. The molecule has 0 amide bonds. The van der Waals surface area contributed by atoms with Gasteiger partial charge >= 0.3 is 156 Å². The van der Waals surface area contributed by atoms with Crippen LogP contribution in [-0.2, 0) is 23.3 Å². The minimum atomic E-state index is -0.553. The van der Waals surface area contributed by atoms with Crippen LogP contribution in [0.15, 0.2) is 101 Å². The summed E-state index contributed by atoms with van der Waals surface area (Å²) in [5.41, 5.74) is 5.48. The number of benzene rings is 2. The van der Waals surface area contributed by atoms with Crippen LogP contribution in [0.5, 0.6) is 0 Å². The largest absolute Gasteiger partial charge is 0.670 e. The fourth-order valence-electron chi connectivity index (χ4n) is 3.26. The van der Waals surface area contributed by atoms with Gasteiger partial charge in [-0.25, -0.2) is 0 Å². The van der Waals surface area contributed by atoms with E-state index in [9.17, 15) is 0 Å². The average molecular weight is 536 g/mol. The molecule has 4 aromatic rings. The Kier molecular flexibility index (Phi) is 11.8. The van der Waals surface area contributed by atoms with Gasteiger partial charge in [-0.15, -0.1) is 0 Å². The quantitative estimate of drug-likeness (QED) is 0.244. The second-order valence-electron chi connectivity index (χ2n) is 9.16. The van der Waals surface area contributed by atoms with Crippen LogP contribution in [-0.4, -0.2) is 4.40 Å². The second-order valence-corrected chi connectivity index (χ2v) is 10.7. The maximum atomic E-state index is 5.13. The predicted molar refractivity (Wildman–Crippen MR) is 142 cm³/mol. The third-order valence-electron chi connectivity index (χ3n) is 5.26. The zero-order chi connectivity index (χ0) is 24.8. The molecule has 0 spiro atoms. The van der Waals surface area contributed by atoms with E-state index in [1.165, 1.54) is 22.4 Å². The van der Waals surface area contributed by atoms with E-state index in [2.05, 4.69) is 104 Å². The van der Waals surface area contributed by atoms with Gasteiger partial charge in [-0.2, -0.15) is 24.8 Å². The zero-order valence-electron chi connectivity index (χ0n) is 21.2. The van der Waals surface area contributed by atoms with E-state index in [-0.39, 0.29) is 5.41 Å². The molecule has 0 saturated carbocycles. The number of hydrogen-bond donors (Lipinski definition) is 0. The molecule has 2 aromatic carbocycles. The normalized spacial score (nSPS) is 10.5. The van der Waals surface area contributed by atoms with Crippen LogP contribution < -0.4 is 9.97 Å². The molecule has 0 fully saturated rings. The van der Waals surface area contributed by atoms with Gasteiger partial charge < -0.3 is 9.97 Å². The van der Waals surface area contributed by atoms with Crippen molar-refractivity contribution in [3.05, 3.63) is 114 Å². The molecule has 3 nitrogen and oxygen atoms in total. The van der Waals surface area contributed by atoms with E-state index < -0.39 is 17.9 Å². The van der Waals surface area contributed by atoms with Crippen LogP contribution in [0.1, 0.15) is 70.1 Å². The molecule has 178 valence electrons. The number of hydrogen-bond acceptors (Lipinski definition) is 1. The van der Waals surface area contributed by atoms with E-state index in [0.29, 0.717) is 11.8 Å². The first-order valence-corrected chi connectivity index (χ1v) is 13.8. The monoisotopic (exact) mass is 537 g/mol. The summed E-state index contributed by atoms with van der Waals surface area (Å²) in [6, 6.07) is 25.0. The molecule has 4 heteroatoms. The Labute approximate surface area is 214 Å². The topological polar surface area (TPSA) is 40.6 Å². The summed E-state index contributed by atoms with van der Waals surface area (Å²) >= 11 is -0.553. The Morgan fingerprint density at radius 2 is 1.15 bits per heavy atom. The predicted octanol–water partition coefficient (Wildman–Crippen LogP) is 7.90. The van der Waals surface area contributed by atoms with E-state index >= 15 is 0 Å². The van der Waals surface area contributed by atoms with Crippen molar-refractivity contribution in [2.75, 3.05) is 0 Å². The SMILES string of the molecule is CC(C)c1cccc(C(C)C)c1[N]=[Mo+2]=[CH]C(C)(C)c1ccccc1.c1cc[n-]c1.c1cc[n-]c1. The van der Waals surface area contributed by atoms with E-state index in [1.54, 1.807) is 24.8 Å². The van der Waals surface area contributed by atoms with Gasteiger partial charge in [0.1, 0.15) is 0 Å². The Balaban J connectivity index is 0.000000332. The fourth-order valence-corrected chi connectivity index (χ4v) is 5.15. The molecule has 4 rings (SSSR count). The van der Waals surface area contributed by atoms with Gasteiger partial charge in [0.2, 0.25) is 0 Å². The van der Waals surface area contributed by atoms with E-state index in [0.717, 1.165) is 0 Å². The average Bonchev–Trinajstić information content (AvgIpc) is 3.59. The van der Waals surface area contributed by atoms with Crippen molar-refractivity contribution in [3.8, 4) is 0 Å². The Morgan fingerprint density at radius 3 is 1.53 bits per heavy atom. The van der Waals surface area contributed by atoms with Gasteiger partial charge in [0, 0.05) is 0 Å². The van der Waals surface area contributed by atoms with Crippen molar-refractivity contribution in [2.45, 2.75) is 58.8 Å². The van der Waals surface area contributed by atoms with E-state index in [4.69, 9.17) is 3.50 Å². The third kappa shape index (κ3) is 9.31. The fraction of sp³-hybridized carbons (Fsp3) is 0.300. The van der Waals surface area contributed by atoms with Gasteiger partial charge in [0.25, 0.3) is 0 Å². The number of aromatic nitrogens is 2. The van der Waals surface area contributed by atoms with Crippen molar-refractivity contribution in [1.29, 1.82) is 0 Å². The summed E-state index contributed by atoms with van der Waals surface area (Å²) < 4.78 is 7.59. The van der Waals surface area contributed by atoms with Gasteiger partial charge in [-0.1, -0.05) is 24.3 Å².